The average molecular weight is 414 g/mol. The van der Waals surface area contributed by atoms with Gasteiger partial charge in [-0.3, -0.25) is 4.79 Å². The largest absolute Gasteiger partial charge is 0.494 e. The minimum Gasteiger partial charge on any atom is -0.494 e. The fraction of sp³-hybridized carbons (Fsp3) is 0.231. The smallest absolute Gasteiger partial charge is 0.251 e. The first kappa shape index (κ1) is 20.7. The maximum absolute atomic E-state index is 12.5. The standard InChI is InChI=1S/C26H27N3O2/c1-19-11-13-21(14-12-19)26(30)27-18-25-28-23-9-3-4-10-24(23)29(25)15-6-16-31-22-8-5-7-20(2)17-22/h3-5,7-14,17H,6,15-16,18H2,1-2H3,(H,27,30). The van der Waals surface area contributed by atoms with Gasteiger partial charge in [-0.05, 0) is 62.2 Å². The molecule has 0 aliphatic heterocycles. The summed E-state index contributed by atoms with van der Waals surface area (Å²) in [6.45, 7) is 5.82. The normalized spacial score (nSPS) is 10.9. The summed E-state index contributed by atoms with van der Waals surface area (Å²) in [6.07, 6.45) is 0.840. The first-order chi connectivity index (χ1) is 15.1. The molecule has 1 aromatic heterocycles. The fourth-order valence-electron chi connectivity index (χ4n) is 3.59. The van der Waals surface area contributed by atoms with E-state index in [1.54, 1.807) is 0 Å². The van der Waals surface area contributed by atoms with Crippen molar-refractivity contribution in [2.75, 3.05) is 6.61 Å². The fourth-order valence-corrected chi connectivity index (χ4v) is 3.59. The molecule has 0 unspecified atom stereocenters. The van der Waals surface area contributed by atoms with Crippen molar-refractivity contribution >= 4 is 16.9 Å². The minimum atomic E-state index is -0.0959. The number of rotatable bonds is 8. The van der Waals surface area contributed by atoms with Crippen LogP contribution in [0.2, 0.25) is 0 Å². The van der Waals surface area contributed by atoms with Crippen LogP contribution in [0.3, 0.4) is 0 Å². The molecule has 5 nitrogen and oxygen atoms in total. The van der Waals surface area contributed by atoms with E-state index < -0.39 is 0 Å². The van der Waals surface area contributed by atoms with Crippen molar-refractivity contribution in [2.24, 2.45) is 0 Å². The number of carbonyl (C=O) groups excluding carboxylic acids is 1. The Morgan fingerprint density at radius 1 is 0.968 bits per heavy atom. The van der Waals surface area contributed by atoms with Crippen LogP contribution in [0.1, 0.15) is 33.7 Å². The number of nitrogens with one attached hydrogen (secondary N) is 1. The molecule has 31 heavy (non-hydrogen) atoms. The van der Waals surface area contributed by atoms with Gasteiger partial charge in [-0.1, -0.05) is 42.0 Å². The van der Waals surface area contributed by atoms with Crippen LogP contribution in [-0.2, 0) is 13.1 Å². The number of para-hydroxylation sites is 2. The van der Waals surface area contributed by atoms with E-state index in [2.05, 4.69) is 28.9 Å². The molecule has 4 aromatic rings. The van der Waals surface area contributed by atoms with Crippen molar-refractivity contribution in [3.63, 3.8) is 0 Å². The van der Waals surface area contributed by atoms with Crippen molar-refractivity contribution in [3.05, 3.63) is 95.3 Å². The molecule has 158 valence electrons. The molecule has 5 heteroatoms. The number of imidazole rings is 1. The molecular weight excluding hydrogens is 386 g/mol. The van der Waals surface area contributed by atoms with Gasteiger partial charge in [-0.2, -0.15) is 0 Å². The van der Waals surface area contributed by atoms with E-state index in [0.29, 0.717) is 18.7 Å². The van der Waals surface area contributed by atoms with Crippen LogP contribution in [0.25, 0.3) is 11.0 Å². The molecule has 1 heterocycles. The molecule has 0 fully saturated rings. The van der Waals surface area contributed by atoms with Crippen LogP contribution in [0, 0.1) is 13.8 Å². The third-order valence-electron chi connectivity index (χ3n) is 5.24. The van der Waals surface area contributed by atoms with E-state index in [0.717, 1.165) is 41.1 Å². The number of fused-ring (bicyclic) bond motifs is 1. The molecular formula is C26H27N3O2. The van der Waals surface area contributed by atoms with Crippen molar-refractivity contribution in [1.82, 2.24) is 14.9 Å². The Balaban J connectivity index is 1.42. The first-order valence-corrected chi connectivity index (χ1v) is 10.6. The highest BCUT2D eigenvalue weighted by Crippen LogP contribution is 2.18. The van der Waals surface area contributed by atoms with Crippen LogP contribution in [-0.4, -0.2) is 22.1 Å². The summed E-state index contributed by atoms with van der Waals surface area (Å²) < 4.78 is 8.07. The molecule has 0 aliphatic carbocycles. The molecule has 4 rings (SSSR count). The first-order valence-electron chi connectivity index (χ1n) is 10.6. The second-order valence-corrected chi connectivity index (χ2v) is 7.74. The van der Waals surface area contributed by atoms with Crippen LogP contribution < -0.4 is 10.1 Å². The second-order valence-electron chi connectivity index (χ2n) is 7.74. The van der Waals surface area contributed by atoms with Gasteiger partial charge in [0, 0.05) is 12.1 Å². The number of aromatic nitrogens is 2. The van der Waals surface area contributed by atoms with Gasteiger partial charge in [-0.15, -0.1) is 0 Å². The lowest BCUT2D eigenvalue weighted by atomic mass is 10.1. The quantitative estimate of drug-likeness (QED) is 0.411. The zero-order valence-electron chi connectivity index (χ0n) is 18.0. The molecule has 1 N–H and O–H groups in total. The molecule has 1 amide bonds. The van der Waals surface area contributed by atoms with Crippen molar-refractivity contribution in [3.8, 4) is 5.75 Å². The SMILES string of the molecule is Cc1ccc(C(=O)NCc2nc3ccccc3n2CCCOc2cccc(C)c2)cc1. The van der Waals surface area contributed by atoms with Crippen molar-refractivity contribution in [2.45, 2.75) is 33.4 Å². The predicted molar refractivity (Wildman–Crippen MR) is 123 cm³/mol. The Hall–Kier alpha value is -3.60. The highest BCUT2D eigenvalue weighted by molar-refractivity contribution is 5.94. The Kier molecular flexibility index (Phi) is 6.32. The van der Waals surface area contributed by atoms with E-state index in [9.17, 15) is 4.79 Å². The molecule has 0 radical (unpaired) electrons. The maximum atomic E-state index is 12.5. The number of hydrogen-bond donors (Lipinski definition) is 1. The van der Waals surface area contributed by atoms with Gasteiger partial charge in [0.05, 0.1) is 24.2 Å². The maximum Gasteiger partial charge on any atom is 0.251 e. The lowest BCUT2D eigenvalue weighted by molar-refractivity contribution is 0.0949. The Labute approximate surface area is 182 Å². The third-order valence-corrected chi connectivity index (χ3v) is 5.24. The van der Waals surface area contributed by atoms with Crippen LogP contribution >= 0.6 is 0 Å². The molecule has 0 aliphatic rings. The Bertz CT molecular complexity index is 1180. The van der Waals surface area contributed by atoms with Gasteiger partial charge in [-0.25, -0.2) is 4.98 Å². The number of aryl methyl sites for hydroxylation is 3. The summed E-state index contributed by atoms with van der Waals surface area (Å²) in [4.78, 5) is 17.3. The van der Waals surface area contributed by atoms with E-state index in [-0.39, 0.29) is 5.91 Å². The molecule has 0 atom stereocenters. The highest BCUT2D eigenvalue weighted by atomic mass is 16.5. The zero-order chi connectivity index (χ0) is 21.6. The molecule has 3 aromatic carbocycles. The van der Waals surface area contributed by atoms with Crippen molar-refractivity contribution < 1.29 is 9.53 Å². The zero-order valence-corrected chi connectivity index (χ0v) is 18.0. The number of amides is 1. The van der Waals surface area contributed by atoms with Crippen molar-refractivity contribution in [1.29, 1.82) is 0 Å². The van der Waals surface area contributed by atoms with Gasteiger partial charge >= 0.3 is 0 Å². The van der Waals surface area contributed by atoms with Gasteiger partial charge in [0.25, 0.3) is 5.91 Å². The molecule has 0 bridgehead atoms. The van der Waals surface area contributed by atoms with Crippen LogP contribution in [0.15, 0.2) is 72.8 Å². The lowest BCUT2D eigenvalue weighted by Gasteiger charge is -2.11. The van der Waals surface area contributed by atoms with Gasteiger partial charge in [0.2, 0.25) is 0 Å². The third kappa shape index (κ3) is 5.12. The number of benzene rings is 3. The summed E-state index contributed by atoms with van der Waals surface area (Å²) in [5.74, 6) is 1.64. The molecule has 0 saturated heterocycles. The summed E-state index contributed by atoms with van der Waals surface area (Å²) in [6, 6.07) is 23.7. The molecule has 0 saturated carbocycles. The summed E-state index contributed by atoms with van der Waals surface area (Å²) in [5, 5.41) is 3.01. The minimum absolute atomic E-state index is 0.0959. The van der Waals surface area contributed by atoms with E-state index >= 15 is 0 Å². The van der Waals surface area contributed by atoms with Gasteiger partial charge in [0.15, 0.2) is 0 Å². The average Bonchev–Trinajstić information content (AvgIpc) is 3.13. The summed E-state index contributed by atoms with van der Waals surface area (Å²) in [7, 11) is 0. The van der Waals surface area contributed by atoms with Crippen LogP contribution in [0.5, 0.6) is 5.75 Å². The van der Waals surface area contributed by atoms with E-state index in [1.807, 2.05) is 67.6 Å². The van der Waals surface area contributed by atoms with E-state index in [1.165, 1.54) is 5.56 Å². The summed E-state index contributed by atoms with van der Waals surface area (Å²) >= 11 is 0. The summed E-state index contributed by atoms with van der Waals surface area (Å²) in [5.41, 5.74) is 4.97. The number of hydrogen-bond acceptors (Lipinski definition) is 3. The second kappa shape index (κ2) is 9.47. The Morgan fingerprint density at radius 2 is 1.77 bits per heavy atom. The highest BCUT2D eigenvalue weighted by Gasteiger charge is 2.12. The monoisotopic (exact) mass is 413 g/mol. The van der Waals surface area contributed by atoms with Gasteiger partial charge in [0.1, 0.15) is 11.6 Å². The Morgan fingerprint density at radius 3 is 2.58 bits per heavy atom. The lowest BCUT2D eigenvalue weighted by Crippen LogP contribution is -2.25. The van der Waals surface area contributed by atoms with E-state index in [4.69, 9.17) is 9.72 Å². The van der Waals surface area contributed by atoms with Gasteiger partial charge < -0.3 is 14.6 Å². The number of ether oxygens (including phenoxy) is 1. The van der Waals surface area contributed by atoms with Crippen LogP contribution in [0.4, 0.5) is 0 Å². The predicted octanol–water partition coefficient (Wildman–Crippen LogP) is 5.05. The molecule has 0 spiro atoms. The topological polar surface area (TPSA) is 56.2 Å². The number of nitrogens with zero attached hydrogens (tertiary/aromatic N) is 2. The number of carbonyl (C=O) groups is 1.